The lowest BCUT2D eigenvalue weighted by atomic mass is 10.0. The van der Waals surface area contributed by atoms with Crippen LogP contribution >= 0.6 is 11.6 Å². The van der Waals surface area contributed by atoms with Crippen molar-refractivity contribution in [3.8, 4) is 0 Å². The van der Waals surface area contributed by atoms with Crippen molar-refractivity contribution in [1.82, 2.24) is 10.3 Å². The van der Waals surface area contributed by atoms with Gasteiger partial charge in [-0.25, -0.2) is 4.79 Å². The van der Waals surface area contributed by atoms with Crippen LogP contribution in [-0.4, -0.2) is 41.7 Å². The Morgan fingerprint density at radius 3 is 2.80 bits per heavy atom. The van der Waals surface area contributed by atoms with E-state index in [0.717, 1.165) is 18.5 Å². The number of nitrogens with one attached hydrogen (secondary N) is 1. The van der Waals surface area contributed by atoms with Crippen LogP contribution in [-0.2, 0) is 9.53 Å². The molecule has 0 saturated heterocycles. The van der Waals surface area contributed by atoms with Crippen LogP contribution in [0.4, 0.5) is 0 Å². The number of pyridine rings is 1. The Bertz CT molecular complexity index is 820. The maximum absolute atomic E-state index is 12.8. The predicted molar refractivity (Wildman–Crippen MR) is 94.1 cm³/mol. The molecule has 7 heteroatoms. The van der Waals surface area contributed by atoms with Gasteiger partial charge in [0.1, 0.15) is 6.04 Å². The molecule has 1 fully saturated rings. The lowest BCUT2D eigenvalue weighted by molar-refractivity contribution is -0.139. The Morgan fingerprint density at radius 2 is 2.16 bits per heavy atom. The van der Waals surface area contributed by atoms with Crippen LogP contribution in [0.1, 0.15) is 41.2 Å². The first-order chi connectivity index (χ1) is 12.0. The van der Waals surface area contributed by atoms with Gasteiger partial charge in [0.2, 0.25) is 0 Å². The van der Waals surface area contributed by atoms with Gasteiger partial charge < -0.3 is 15.2 Å². The van der Waals surface area contributed by atoms with E-state index in [1.807, 2.05) is 0 Å². The normalized spacial score (nSPS) is 15.1. The Labute approximate surface area is 150 Å². The number of amides is 1. The van der Waals surface area contributed by atoms with Gasteiger partial charge >= 0.3 is 5.97 Å². The minimum Gasteiger partial charge on any atom is -0.480 e. The van der Waals surface area contributed by atoms with Crippen LogP contribution in [0.2, 0.25) is 5.02 Å². The van der Waals surface area contributed by atoms with Crippen molar-refractivity contribution in [3.63, 3.8) is 0 Å². The molecule has 3 rings (SSSR count). The SMILES string of the molecule is COCCC(NC(=O)c1cc(C2CC2)nc2ccc(Cl)cc12)C(=O)O. The predicted octanol–water partition coefficient (Wildman–Crippen LogP) is 2.99. The van der Waals surface area contributed by atoms with E-state index in [9.17, 15) is 14.7 Å². The molecule has 0 bridgehead atoms. The maximum Gasteiger partial charge on any atom is 0.326 e. The number of carboxylic acid groups (broad SMARTS) is 1. The van der Waals surface area contributed by atoms with E-state index in [4.69, 9.17) is 16.3 Å². The zero-order valence-electron chi connectivity index (χ0n) is 13.8. The number of rotatable bonds is 7. The lowest BCUT2D eigenvalue weighted by Crippen LogP contribution is -2.41. The van der Waals surface area contributed by atoms with Gasteiger partial charge in [-0.15, -0.1) is 0 Å². The molecule has 1 aliphatic rings. The summed E-state index contributed by atoms with van der Waals surface area (Å²) in [4.78, 5) is 28.7. The third-order valence-electron chi connectivity index (χ3n) is 4.24. The molecule has 2 N–H and O–H groups in total. The van der Waals surface area contributed by atoms with Crippen LogP contribution in [0, 0.1) is 0 Å². The summed E-state index contributed by atoms with van der Waals surface area (Å²) in [6, 6.07) is 5.92. The number of ether oxygens (including phenoxy) is 1. The smallest absolute Gasteiger partial charge is 0.326 e. The first kappa shape index (κ1) is 17.6. The molecule has 2 aromatic rings. The molecule has 1 saturated carbocycles. The molecular weight excluding hydrogens is 344 g/mol. The number of hydrogen-bond acceptors (Lipinski definition) is 4. The summed E-state index contributed by atoms with van der Waals surface area (Å²) in [5.41, 5.74) is 1.95. The van der Waals surface area contributed by atoms with Crippen LogP contribution < -0.4 is 5.32 Å². The third-order valence-corrected chi connectivity index (χ3v) is 4.48. The fourth-order valence-corrected chi connectivity index (χ4v) is 2.90. The summed E-state index contributed by atoms with van der Waals surface area (Å²) >= 11 is 6.06. The Balaban J connectivity index is 1.96. The van der Waals surface area contributed by atoms with E-state index < -0.39 is 17.9 Å². The topological polar surface area (TPSA) is 88.5 Å². The zero-order chi connectivity index (χ0) is 18.0. The van der Waals surface area contributed by atoms with Crippen molar-refractivity contribution in [1.29, 1.82) is 0 Å². The Hall–Kier alpha value is -2.18. The fraction of sp³-hybridized carbons (Fsp3) is 0.389. The van der Waals surface area contributed by atoms with E-state index in [0.29, 0.717) is 27.4 Å². The van der Waals surface area contributed by atoms with Crippen LogP contribution in [0.3, 0.4) is 0 Å². The summed E-state index contributed by atoms with van der Waals surface area (Å²) in [7, 11) is 1.49. The second-order valence-electron chi connectivity index (χ2n) is 6.18. The number of carbonyl (C=O) groups excluding carboxylic acids is 1. The summed E-state index contributed by atoms with van der Waals surface area (Å²) in [6.45, 7) is 0.244. The van der Waals surface area contributed by atoms with Crippen molar-refractivity contribution >= 4 is 34.4 Å². The summed E-state index contributed by atoms with van der Waals surface area (Å²) in [5, 5.41) is 13.0. The lowest BCUT2D eigenvalue weighted by Gasteiger charge is -2.16. The number of carbonyl (C=O) groups is 2. The van der Waals surface area contributed by atoms with Gasteiger partial charge in [0.15, 0.2) is 0 Å². The number of benzene rings is 1. The Morgan fingerprint density at radius 1 is 1.40 bits per heavy atom. The third kappa shape index (κ3) is 4.08. The van der Waals surface area contributed by atoms with Gasteiger partial charge in [-0.1, -0.05) is 11.6 Å². The average molecular weight is 363 g/mol. The summed E-state index contributed by atoms with van der Waals surface area (Å²) in [5.74, 6) is -1.17. The van der Waals surface area contributed by atoms with Crippen molar-refractivity contribution in [2.24, 2.45) is 0 Å². The highest BCUT2D eigenvalue weighted by atomic mass is 35.5. The molecule has 0 aliphatic heterocycles. The minimum absolute atomic E-state index is 0.191. The molecule has 132 valence electrons. The van der Waals surface area contributed by atoms with Gasteiger partial charge in [0, 0.05) is 42.2 Å². The Kier molecular flexibility index (Phi) is 5.20. The summed E-state index contributed by atoms with van der Waals surface area (Å²) in [6.07, 6.45) is 2.30. The largest absolute Gasteiger partial charge is 0.480 e. The molecule has 0 spiro atoms. The number of halogens is 1. The minimum atomic E-state index is -1.09. The molecule has 1 aliphatic carbocycles. The maximum atomic E-state index is 12.8. The molecule has 1 heterocycles. The van der Waals surface area contributed by atoms with E-state index >= 15 is 0 Å². The number of carboxylic acids is 1. The monoisotopic (exact) mass is 362 g/mol. The highest BCUT2D eigenvalue weighted by Gasteiger charge is 2.28. The second kappa shape index (κ2) is 7.37. The van der Waals surface area contributed by atoms with Crippen LogP contribution in [0.25, 0.3) is 10.9 Å². The number of hydrogen-bond donors (Lipinski definition) is 2. The van der Waals surface area contributed by atoms with Gasteiger partial charge in [0.05, 0.1) is 11.1 Å². The first-order valence-corrected chi connectivity index (χ1v) is 8.50. The van der Waals surface area contributed by atoms with E-state index in [2.05, 4.69) is 10.3 Å². The number of aliphatic carboxylic acids is 1. The van der Waals surface area contributed by atoms with E-state index in [1.165, 1.54) is 7.11 Å². The summed E-state index contributed by atoms with van der Waals surface area (Å²) < 4.78 is 4.91. The van der Waals surface area contributed by atoms with Gasteiger partial charge in [-0.05, 0) is 37.1 Å². The van der Waals surface area contributed by atoms with Crippen molar-refractivity contribution in [2.75, 3.05) is 13.7 Å². The van der Waals surface area contributed by atoms with Crippen molar-refractivity contribution < 1.29 is 19.4 Å². The molecule has 1 unspecified atom stereocenters. The van der Waals surface area contributed by atoms with Crippen LogP contribution in [0.15, 0.2) is 24.3 Å². The quantitative estimate of drug-likeness (QED) is 0.790. The fourth-order valence-electron chi connectivity index (χ4n) is 2.72. The number of fused-ring (bicyclic) bond motifs is 1. The average Bonchev–Trinajstić information content (AvgIpc) is 3.42. The molecule has 6 nitrogen and oxygen atoms in total. The standard InChI is InChI=1S/C18H19ClN2O4/c1-25-7-6-15(18(23)24)21-17(22)13-9-16(10-2-3-10)20-14-5-4-11(19)8-12(13)14/h4-5,8-10,15H,2-3,6-7H2,1H3,(H,21,22)(H,23,24). The van der Waals surface area contributed by atoms with Gasteiger partial charge in [-0.3, -0.25) is 9.78 Å². The molecule has 1 aromatic carbocycles. The zero-order valence-corrected chi connectivity index (χ0v) is 14.5. The number of methoxy groups -OCH3 is 1. The highest BCUT2D eigenvalue weighted by molar-refractivity contribution is 6.31. The molecule has 25 heavy (non-hydrogen) atoms. The van der Waals surface area contributed by atoms with Crippen molar-refractivity contribution in [3.05, 3.63) is 40.5 Å². The number of nitrogens with zero attached hydrogens (tertiary/aromatic N) is 1. The van der Waals surface area contributed by atoms with Crippen molar-refractivity contribution in [2.45, 2.75) is 31.2 Å². The van der Waals surface area contributed by atoms with Gasteiger partial charge in [-0.2, -0.15) is 0 Å². The van der Waals surface area contributed by atoms with E-state index in [1.54, 1.807) is 24.3 Å². The molecular formula is C18H19ClN2O4. The molecule has 0 radical (unpaired) electrons. The molecule has 1 atom stereocenters. The van der Waals surface area contributed by atoms with Crippen LogP contribution in [0.5, 0.6) is 0 Å². The van der Waals surface area contributed by atoms with E-state index in [-0.39, 0.29) is 13.0 Å². The molecule has 1 aromatic heterocycles. The second-order valence-corrected chi connectivity index (χ2v) is 6.61. The van der Waals surface area contributed by atoms with Gasteiger partial charge in [0.25, 0.3) is 5.91 Å². The molecule has 1 amide bonds. The first-order valence-electron chi connectivity index (χ1n) is 8.12. The number of aromatic nitrogens is 1. The highest BCUT2D eigenvalue weighted by Crippen LogP contribution is 2.40.